The van der Waals surface area contributed by atoms with Crippen molar-refractivity contribution in [2.24, 2.45) is 0 Å². The molecule has 1 fully saturated rings. The summed E-state index contributed by atoms with van der Waals surface area (Å²) in [6.45, 7) is 6.36. The zero-order valence-corrected chi connectivity index (χ0v) is 12.1. The Kier molecular flexibility index (Phi) is 4.73. The zero-order valence-electron chi connectivity index (χ0n) is 11.3. The summed E-state index contributed by atoms with van der Waals surface area (Å²) in [5, 5.41) is 9.79. The normalized spacial score (nSPS) is 16.7. The van der Waals surface area contributed by atoms with Gasteiger partial charge in [-0.3, -0.25) is 4.90 Å². The van der Waals surface area contributed by atoms with E-state index in [1.807, 2.05) is 6.92 Å². The first kappa shape index (κ1) is 14.2. The van der Waals surface area contributed by atoms with E-state index >= 15 is 0 Å². The average molecular weight is 285 g/mol. The minimum atomic E-state index is -0.376. The number of thiazole rings is 1. The maximum absolute atomic E-state index is 11.5. The summed E-state index contributed by atoms with van der Waals surface area (Å²) < 4.78 is 4.72. The average Bonchev–Trinajstić information content (AvgIpc) is 2.81. The maximum atomic E-state index is 11.5. The number of aromatic nitrogens is 1. The summed E-state index contributed by atoms with van der Waals surface area (Å²) in [4.78, 5) is 21.2. The number of rotatable bonds is 4. The molecule has 1 aliphatic heterocycles. The second-order valence-electron chi connectivity index (χ2n) is 4.45. The second-order valence-corrected chi connectivity index (χ2v) is 5.63. The molecule has 19 heavy (non-hydrogen) atoms. The highest BCUT2D eigenvalue weighted by Crippen LogP contribution is 2.26. The first-order valence-corrected chi connectivity index (χ1v) is 7.11. The molecule has 6 nitrogen and oxygen atoms in total. The molecular formula is C12H19N3O3S. The molecule has 0 saturated carbocycles. The number of hydrogen-bond donors (Lipinski definition) is 1. The highest BCUT2D eigenvalue weighted by atomic mass is 32.1. The van der Waals surface area contributed by atoms with Gasteiger partial charge in [-0.15, -0.1) is 11.3 Å². The van der Waals surface area contributed by atoms with E-state index < -0.39 is 0 Å². The number of anilines is 1. The van der Waals surface area contributed by atoms with Crippen LogP contribution in [0.25, 0.3) is 0 Å². The molecule has 0 atom stereocenters. The summed E-state index contributed by atoms with van der Waals surface area (Å²) in [6, 6.07) is 0. The van der Waals surface area contributed by atoms with E-state index in [2.05, 4.69) is 14.8 Å². The number of nitrogens with zero attached hydrogens (tertiary/aromatic N) is 3. The summed E-state index contributed by atoms with van der Waals surface area (Å²) in [6.07, 6.45) is 0. The molecule has 1 saturated heterocycles. The van der Waals surface area contributed by atoms with Gasteiger partial charge in [0.15, 0.2) is 10.8 Å². The molecule has 0 aromatic carbocycles. The molecule has 2 rings (SSSR count). The quantitative estimate of drug-likeness (QED) is 0.805. The van der Waals surface area contributed by atoms with E-state index in [-0.39, 0.29) is 12.6 Å². The van der Waals surface area contributed by atoms with Gasteiger partial charge in [0.2, 0.25) is 0 Å². The number of carbonyl (C=O) groups excluding carboxylic acids is 1. The van der Waals surface area contributed by atoms with E-state index in [9.17, 15) is 4.79 Å². The van der Waals surface area contributed by atoms with E-state index in [1.165, 1.54) is 18.4 Å². The molecule has 106 valence electrons. The number of esters is 1. The second kappa shape index (κ2) is 6.31. The van der Waals surface area contributed by atoms with Crippen LogP contribution in [0.1, 0.15) is 15.4 Å². The molecule has 1 aromatic rings. The fraction of sp³-hybridized carbons (Fsp3) is 0.667. The van der Waals surface area contributed by atoms with Crippen LogP contribution in [-0.4, -0.2) is 67.4 Å². The third-order valence-electron chi connectivity index (χ3n) is 3.22. The Hall–Kier alpha value is -1.18. The largest absolute Gasteiger partial charge is 0.464 e. The van der Waals surface area contributed by atoms with Crippen LogP contribution in [0.3, 0.4) is 0 Å². The lowest BCUT2D eigenvalue weighted by atomic mass is 10.3. The van der Waals surface area contributed by atoms with Gasteiger partial charge in [-0.1, -0.05) is 0 Å². The third-order valence-corrected chi connectivity index (χ3v) is 4.25. The topological polar surface area (TPSA) is 65.9 Å². The third kappa shape index (κ3) is 3.23. The number of aryl methyl sites for hydroxylation is 1. The molecule has 0 radical (unpaired) electrons. The number of methoxy groups -OCH3 is 1. The predicted octanol–water partition coefficient (Wildman–Crippen LogP) is 0.352. The van der Waals surface area contributed by atoms with E-state index in [0.29, 0.717) is 5.69 Å². The predicted molar refractivity (Wildman–Crippen MR) is 73.9 cm³/mol. The van der Waals surface area contributed by atoms with E-state index in [0.717, 1.165) is 42.7 Å². The maximum Gasteiger partial charge on any atom is 0.357 e. The highest BCUT2D eigenvalue weighted by Gasteiger charge is 2.22. The molecule has 0 amide bonds. The van der Waals surface area contributed by atoms with Crippen LogP contribution >= 0.6 is 11.3 Å². The molecule has 1 aromatic heterocycles. The Bertz CT molecular complexity index is 441. The Labute approximate surface area is 116 Å². The fourth-order valence-electron chi connectivity index (χ4n) is 2.11. The van der Waals surface area contributed by atoms with Crippen molar-refractivity contribution in [2.75, 3.05) is 51.3 Å². The van der Waals surface area contributed by atoms with Crippen molar-refractivity contribution < 1.29 is 14.6 Å². The number of β-amino-alcohol motifs (C(OH)–C–C–N with tert-alkyl or cyclic N) is 1. The number of hydrogen-bond acceptors (Lipinski definition) is 7. The van der Waals surface area contributed by atoms with Crippen LogP contribution in [0.2, 0.25) is 0 Å². The number of aliphatic hydroxyl groups is 1. The lowest BCUT2D eigenvalue weighted by Crippen LogP contribution is -2.47. The molecule has 1 N–H and O–H groups in total. The van der Waals surface area contributed by atoms with Gasteiger partial charge in [0.1, 0.15) is 0 Å². The van der Waals surface area contributed by atoms with Crippen molar-refractivity contribution in [1.29, 1.82) is 0 Å². The molecular weight excluding hydrogens is 266 g/mol. The Morgan fingerprint density at radius 2 is 2.11 bits per heavy atom. The van der Waals surface area contributed by atoms with Gasteiger partial charge in [0.05, 0.1) is 13.7 Å². The minimum absolute atomic E-state index is 0.197. The van der Waals surface area contributed by atoms with Gasteiger partial charge >= 0.3 is 5.97 Å². The molecule has 1 aliphatic rings. The standard InChI is InChI=1S/C12H19N3O3S/c1-9-10(11(17)18-2)13-12(19-9)15-5-3-14(4-6-15)7-8-16/h16H,3-8H2,1-2H3. The van der Waals surface area contributed by atoms with Gasteiger partial charge in [-0.25, -0.2) is 9.78 Å². The molecule has 0 spiro atoms. The first-order chi connectivity index (χ1) is 9.15. The van der Waals surface area contributed by atoms with Crippen molar-refractivity contribution in [3.63, 3.8) is 0 Å². The van der Waals surface area contributed by atoms with Gasteiger partial charge in [-0.2, -0.15) is 0 Å². The zero-order chi connectivity index (χ0) is 13.8. The Morgan fingerprint density at radius 1 is 1.42 bits per heavy atom. The monoisotopic (exact) mass is 285 g/mol. The van der Waals surface area contributed by atoms with Gasteiger partial charge in [0.25, 0.3) is 0 Å². The molecule has 0 aliphatic carbocycles. The van der Waals surface area contributed by atoms with E-state index in [4.69, 9.17) is 9.84 Å². The van der Waals surface area contributed by atoms with Crippen LogP contribution in [0.4, 0.5) is 5.13 Å². The van der Waals surface area contributed by atoms with Crippen LogP contribution in [0, 0.1) is 6.92 Å². The molecule has 7 heteroatoms. The minimum Gasteiger partial charge on any atom is -0.464 e. The van der Waals surface area contributed by atoms with E-state index in [1.54, 1.807) is 0 Å². The van der Waals surface area contributed by atoms with Crippen molar-refractivity contribution in [2.45, 2.75) is 6.92 Å². The number of carbonyl (C=O) groups is 1. The molecule has 2 heterocycles. The van der Waals surface area contributed by atoms with Crippen LogP contribution in [-0.2, 0) is 4.74 Å². The van der Waals surface area contributed by atoms with Crippen molar-refractivity contribution in [3.05, 3.63) is 10.6 Å². The summed E-state index contributed by atoms with van der Waals surface area (Å²) in [5.74, 6) is -0.376. The Morgan fingerprint density at radius 3 is 2.68 bits per heavy atom. The van der Waals surface area contributed by atoms with Crippen molar-refractivity contribution in [3.8, 4) is 0 Å². The van der Waals surface area contributed by atoms with Crippen LogP contribution in [0.15, 0.2) is 0 Å². The van der Waals surface area contributed by atoms with Gasteiger partial charge < -0.3 is 14.7 Å². The van der Waals surface area contributed by atoms with Gasteiger partial charge in [-0.05, 0) is 6.92 Å². The first-order valence-electron chi connectivity index (χ1n) is 6.29. The Balaban J connectivity index is 2.02. The van der Waals surface area contributed by atoms with Crippen molar-refractivity contribution in [1.82, 2.24) is 9.88 Å². The summed E-state index contributed by atoms with van der Waals surface area (Å²) in [5.41, 5.74) is 0.417. The lowest BCUT2D eigenvalue weighted by Gasteiger charge is -2.34. The highest BCUT2D eigenvalue weighted by molar-refractivity contribution is 7.15. The number of aliphatic hydroxyl groups excluding tert-OH is 1. The number of ether oxygens (including phenoxy) is 1. The summed E-state index contributed by atoms with van der Waals surface area (Å²) >= 11 is 1.53. The smallest absolute Gasteiger partial charge is 0.357 e. The number of piperazine rings is 1. The van der Waals surface area contributed by atoms with Crippen LogP contribution < -0.4 is 4.90 Å². The van der Waals surface area contributed by atoms with Crippen LogP contribution in [0.5, 0.6) is 0 Å². The summed E-state index contributed by atoms with van der Waals surface area (Å²) in [7, 11) is 1.37. The fourth-order valence-corrected chi connectivity index (χ4v) is 3.06. The SMILES string of the molecule is COC(=O)c1nc(N2CCN(CCO)CC2)sc1C. The molecule has 0 unspecified atom stereocenters. The van der Waals surface area contributed by atoms with Gasteiger partial charge in [0, 0.05) is 37.6 Å². The van der Waals surface area contributed by atoms with Crippen molar-refractivity contribution >= 4 is 22.4 Å². The molecule has 0 bridgehead atoms. The lowest BCUT2D eigenvalue weighted by molar-refractivity contribution is 0.0594.